The predicted octanol–water partition coefficient (Wildman–Crippen LogP) is 6.49. The summed E-state index contributed by atoms with van der Waals surface area (Å²) in [5.41, 5.74) is 2.42. The van der Waals surface area contributed by atoms with Gasteiger partial charge in [-0.15, -0.1) is 11.8 Å². The molecule has 0 unspecified atom stereocenters. The van der Waals surface area contributed by atoms with Crippen molar-refractivity contribution in [2.75, 3.05) is 10.7 Å². The van der Waals surface area contributed by atoms with Crippen LogP contribution in [-0.2, 0) is 11.4 Å². The zero-order chi connectivity index (χ0) is 20.4. The minimum absolute atomic E-state index is 0.00628. The van der Waals surface area contributed by atoms with Gasteiger partial charge in [-0.3, -0.25) is 9.69 Å². The Hall–Kier alpha value is -2.21. The normalized spacial score (nSPS) is 16.3. The zero-order valence-electron chi connectivity index (χ0n) is 15.1. The van der Waals surface area contributed by atoms with E-state index in [-0.39, 0.29) is 23.7 Å². The third-order valence-electron chi connectivity index (χ3n) is 4.52. The van der Waals surface area contributed by atoms with E-state index >= 15 is 0 Å². The number of carbonyl (C=O) groups excluding carboxylic acids is 1. The van der Waals surface area contributed by atoms with E-state index in [0.717, 1.165) is 16.8 Å². The van der Waals surface area contributed by atoms with Crippen LogP contribution in [0.3, 0.4) is 0 Å². The highest BCUT2D eigenvalue weighted by Crippen LogP contribution is 2.45. The lowest BCUT2D eigenvalue weighted by molar-refractivity contribution is -0.115. The molecule has 1 heterocycles. The van der Waals surface area contributed by atoms with Crippen molar-refractivity contribution < 1.29 is 13.9 Å². The van der Waals surface area contributed by atoms with E-state index in [1.165, 1.54) is 23.9 Å². The Morgan fingerprint density at radius 1 is 1.00 bits per heavy atom. The molecule has 0 radical (unpaired) electrons. The lowest BCUT2D eigenvalue weighted by atomic mass is 10.1. The predicted molar refractivity (Wildman–Crippen MR) is 116 cm³/mol. The van der Waals surface area contributed by atoms with Gasteiger partial charge in [0.15, 0.2) is 0 Å². The number of benzene rings is 3. The van der Waals surface area contributed by atoms with Gasteiger partial charge >= 0.3 is 0 Å². The van der Waals surface area contributed by atoms with Crippen LogP contribution >= 0.6 is 35.0 Å². The lowest BCUT2D eigenvalue weighted by Crippen LogP contribution is -2.28. The van der Waals surface area contributed by atoms with E-state index in [1.54, 1.807) is 41.3 Å². The number of nitrogens with zero attached hydrogens (tertiary/aromatic N) is 1. The van der Waals surface area contributed by atoms with Crippen LogP contribution < -0.4 is 9.64 Å². The maximum absolute atomic E-state index is 13.1. The Balaban J connectivity index is 1.64. The van der Waals surface area contributed by atoms with Crippen molar-refractivity contribution in [3.05, 3.63) is 93.7 Å². The molecule has 0 saturated carbocycles. The van der Waals surface area contributed by atoms with Crippen LogP contribution in [0.15, 0.2) is 66.7 Å². The van der Waals surface area contributed by atoms with Gasteiger partial charge in [-0.1, -0.05) is 35.3 Å². The molecule has 148 valence electrons. The second-order valence-electron chi connectivity index (χ2n) is 6.50. The van der Waals surface area contributed by atoms with Crippen LogP contribution in [0.2, 0.25) is 10.0 Å². The molecule has 1 aliphatic heterocycles. The second kappa shape index (κ2) is 8.66. The average molecular weight is 448 g/mol. The smallest absolute Gasteiger partial charge is 0.238 e. The Morgan fingerprint density at radius 2 is 1.69 bits per heavy atom. The maximum Gasteiger partial charge on any atom is 0.238 e. The molecule has 1 saturated heterocycles. The molecule has 4 rings (SSSR count). The highest BCUT2D eigenvalue weighted by Gasteiger charge is 2.36. The SMILES string of the molecule is O=C1CS[C@@H](c2cc(Cl)ccc2OCc2ccc(F)cc2)N1c1ccc(Cl)cc1. The fourth-order valence-electron chi connectivity index (χ4n) is 3.12. The van der Waals surface area contributed by atoms with Gasteiger partial charge < -0.3 is 4.74 Å². The highest BCUT2D eigenvalue weighted by molar-refractivity contribution is 8.00. The molecular weight excluding hydrogens is 432 g/mol. The lowest BCUT2D eigenvalue weighted by Gasteiger charge is -2.26. The molecule has 0 aliphatic carbocycles. The number of hydrogen-bond donors (Lipinski definition) is 0. The Morgan fingerprint density at radius 3 is 2.41 bits per heavy atom. The first-order valence-corrected chi connectivity index (χ1v) is 10.7. The molecule has 29 heavy (non-hydrogen) atoms. The van der Waals surface area contributed by atoms with E-state index in [9.17, 15) is 9.18 Å². The largest absolute Gasteiger partial charge is 0.489 e. The van der Waals surface area contributed by atoms with Gasteiger partial charge in [-0.2, -0.15) is 0 Å². The fraction of sp³-hybridized carbons (Fsp3) is 0.136. The second-order valence-corrected chi connectivity index (χ2v) is 8.44. The van der Waals surface area contributed by atoms with E-state index < -0.39 is 0 Å². The van der Waals surface area contributed by atoms with Crippen LogP contribution in [-0.4, -0.2) is 11.7 Å². The number of hydrogen-bond acceptors (Lipinski definition) is 3. The van der Waals surface area contributed by atoms with Gasteiger partial charge in [-0.05, 0) is 60.2 Å². The number of rotatable bonds is 5. The number of thioether (sulfide) groups is 1. The number of ether oxygens (including phenoxy) is 1. The number of halogens is 3. The summed E-state index contributed by atoms with van der Waals surface area (Å²) in [7, 11) is 0. The number of amides is 1. The highest BCUT2D eigenvalue weighted by atomic mass is 35.5. The summed E-state index contributed by atoms with van der Waals surface area (Å²) >= 11 is 13.8. The van der Waals surface area contributed by atoms with Crippen LogP contribution in [0.5, 0.6) is 5.75 Å². The zero-order valence-corrected chi connectivity index (χ0v) is 17.5. The Labute approximate surface area is 182 Å². The Kier molecular flexibility index (Phi) is 5.99. The third kappa shape index (κ3) is 4.53. The minimum atomic E-state index is -0.291. The van der Waals surface area contributed by atoms with Crippen LogP contribution in [0.25, 0.3) is 0 Å². The molecule has 3 aromatic rings. The first kappa shape index (κ1) is 20.1. The molecule has 7 heteroatoms. The summed E-state index contributed by atoms with van der Waals surface area (Å²) in [5, 5.41) is 0.895. The fourth-order valence-corrected chi connectivity index (χ4v) is 4.62. The number of carbonyl (C=O) groups is 1. The summed E-state index contributed by atoms with van der Waals surface area (Å²) < 4.78 is 19.1. The molecule has 0 N–H and O–H groups in total. The van der Waals surface area contributed by atoms with E-state index in [0.29, 0.717) is 21.5 Å². The van der Waals surface area contributed by atoms with Crippen molar-refractivity contribution >= 4 is 46.6 Å². The van der Waals surface area contributed by atoms with Crippen LogP contribution in [0.1, 0.15) is 16.5 Å². The molecular formula is C22H16Cl2FNO2S. The van der Waals surface area contributed by atoms with Crippen molar-refractivity contribution in [3.8, 4) is 5.75 Å². The first-order valence-electron chi connectivity index (χ1n) is 8.87. The van der Waals surface area contributed by atoms with Gasteiger partial charge in [0.05, 0.1) is 5.75 Å². The molecule has 1 amide bonds. The van der Waals surface area contributed by atoms with Crippen molar-refractivity contribution in [1.82, 2.24) is 0 Å². The van der Waals surface area contributed by atoms with Gasteiger partial charge in [0.25, 0.3) is 0 Å². The van der Waals surface area contributed by atoms with E-state index in [4.69, 9.17) is 27.9 Å². The quantitative estimate of drug-likeness (QED) is 0.447. The average Bonchev–Trinajstić information content (AvgIpc) is 3.10. The van der Waals surface area contributed by atoms with E-state index in [1.807, 2.05) is 18.2 Å². The molecule has 1 atom stereocenters. The van der Waals surface area contributed by atoms with Crippen LogP contribution in [0.4, 0.5) is 10.1 Å². The summed E-state index contributed by atoms with van der Waals surface area (Å²) in [6.07, 6.45) is 0. The van der Waals surface area contributed by atoms with Gasteiger partial charge in [0.2, 0.25) is 5.91 Å². The van der Waals surface area contributed by atoms with Crippen molar-refractivity contribution in [2.45, 2.75) is 12.0 Å². The topological polar surface area (TPSA) is 29.5 Å². The molecule has 1 aliphatic rings. The van der Waals surface area contributed by atoms with Gasteiger partial charge in [0.1, 0.15) is 23.5 Å². The molecule has 3 aromatic carbocycles. The monoisotopic (exact) mass is 447 g/mol. The summed E-state index contributed by atoms with van der Waals surface area (Å²) in [4.78, 5) is 14.3. The summed E-state index contributed by atoms with van der Waals surface area (Å²) in [6, 6.07) is 18.7. The molecule has 0 spiro atoms. The van der Waals surface area contributed by atoms with Crippen molar-refractivity contribution in [3.63, 3.8) is 0 Å². The summed E-state index contributed by atoms with van der Waals surface area (Å²) in [6.45, 7) is 0.279. The van der Waals surface area contributed by atoms with Gasteiger partial charge in [0, 0.05) is 21.3 Å². The molecule has 0 bridgehead atoms. The van der Waals surface area contributed by atoms with Crippen molar-refractivity contribution in [1.29, 1.82) is 0 Å². The first-order chi connectivity index (χ1) is 14.0. The number of anilines is 1. The van der Waals surface area contributed by atoms with E-state index in [2.05, 4.69) is 0 Å². The molecule has 1 fully saturated rings. The van der Waals surface area contributed by atoms with Gasteiger partial charge in [-0.25, -0.2) is 4.39 Å². The Bertz CT molecular complexity index is 1030. The molecule has 3 nitrogen and oxygen atoms in total. The third-order valence-corrected chi connectivity index (χ3v) is 6.20. The summed E-state index contributed by atoms with van der Waals surface area (Å²) in [5.74, 6) is 0.703. The standard InChI is InChI=1S/C22H16Cl2FNO2S/c23-15-3-8-18(9-4-15)26-21(27)13-29-22(26)19-11-16(24)5-10-20(19)28-12-14-1-6-17(25)7-2-14/h1-11,22H,12-13H2/t22-/m0/s1. The minimum Gasteiger partial charge on any atom is -0.489 e. The van der Waals surface area contributed by atoms with Crippen LogP contribution in [0, 0.1) is 5.82 Å². The van der Waals surface area contributed by atoms with Crippen molar-refractivity contribution in [2.24, 2.45) is 0 Å². The molecule has 0 aromatic heterocycles. The maximum atomic E-state index is 13.1.